The van der Waals surface area contributed by atoms with E-state index in [0.717, 1.165) is 18.6 Å². The van der Waals surface area contributed by atoms with Crippen LogP contribution in [-0.2, 0) is 71.1 Å². The molecule has 0 aromatic heterocycles. The Labute approximate surface area is 363 Å². The fourth-order valence-electron chi connectivity index (χ4n) is 5.37. The fourth-order valence-corrected chi connectivity index (χ4v) is 6.26. The van der Waals surface area contributed by atoms with Crippen LogP contribution >= 0.6 is 0 Å². The molecule has 354 valence electrons. The summed E-state index contributed by atoms with van der Waals surface area (Å²) in [5.74, 6) is 0. The van der Waals surface area contributed by atoms with Gasteiger partial charge in [-0.2, -0.15) is 8.42 Å². The first-order chi connectivity index (χ1) is 29.6. The standard InChI is InChI=1S/C44H82O15S/c1-3-4-5-6-7-8-9-10-11-12-13-18-47-19-20-48-21-22-49-23-24-50-25-26-51-27-28-52-29-30-53-31-32-54-33-34-55-35-36-56-37-38-57-39-40-58-41-42-59-60(45,46)44-16-14-43(2)15-17-44/h14-17H,3-13,18-42H2,1-2H3. The quantitative estimate of drug-likeness (QED) is 0.0538. The van der Waals surface area contributed by atoms with Gasteiger partial charge in [0.25, 0.3) is 10.1 Å². The molecular formula is C44H82O15S. The number of aryl methyl sites for hydroxylation is 1. The van der Waals surface area contributed by atoms with Crippen LogP contribution in [0.25, 0.3) is 0 Å². The van der Waals surface area contributed by atoms with Gasteiger partial charge in [-0.1, -0.05) is 88.8 Å². The summed E-state index contributed by atoms with van der Waals surface area (Å²) in [4.78, 5) is 0.128. The third-order valence-electron chi connectivity index (χ3n) is 8.76. The second-order valence-electron chi connectivity index (χ2n) is 14.0. The van der Waals surface area contributed by atoms with Gasteiger partial charge in [-0.3, -0.25) is 4.18 Å². The lowest BCUT2D eigenvalue weighted by Crippen LogP contribution is -2.16. The highest BCUT2D eigenvalue weighted by Crippen LogP contribution is 2.13. The van der Waals surface area contributed by atoms with E-state index in [9.17, 15) is 8.42 Å². The third-order valence-corrected chi connectivity index (χ3v) is 10.1. The molecule has 0 atom stereocenters. The molecule has 0 spiro atoms. The van der Waals surface area contributed by atoms with E-state index >= 15 is 0 Å². The summed E-state index contributed by atoms with van der Waals surface area (Å²) < 4.78 is 95.2. The highest BCUT2D eigenvalue weighted by molar-refractivity contribution is 7.86. The van der Waals surface area contributed by atoms with E-state index in [1.807, 2.05) is 6.92 Å². The maximum Gasteiger partial charge on any atom is 0.297 e. The normalized spacial score (nSPS) is 11.9. The van der Waals surface area contributed by atoms with Crippen LogP contribution in [0.3, 0.4) is 0 Å². The highest BCUT2D eigenvalue weighted by atomic mass is 32.2. The smallest absolute Gasteiger partial charge is 0.297 e. The number of ether oxygens (including phenoxy) is 12. The van der Waals surface area contributed by atoms with E-state index in [2.05, 4.69) is 6.92 Å². The Morgan fingerprint density at radius 2 is 0.550 bits per heavy atom. The second kappa shape index (κ2) is 45.7. The van der Waals surface area contributed by atoms with Crippen molar-refractivity contribution < 1.29 is 69.4 Å². The van der Waals surface area contributed by atoms with E-state index in [1.165, 1.54) is 76.3 Å². The molecule has 1 aromatic carbocycles. The molecule has 0 amide bonds. The molecule has 0 heterocycles. The van der Waals surface area contributed by atoms with Gasteiger partial charge in [-0.25, -0.2) is 0 Å². The molecule has 16 heteroatoms. The third kappa shape index (κ3) is 40.7. The maximum atomic E-state index is 12.1. The van der Waals surface area contributed by atoms with Crippen LogP contribution in [0.15, 0.2) is 29.2 Å². The number of rotatable bonds is 50. The van der Waals surface area contributed by atoms with E-state index in [0.29, 0.717) is 145 Å². The monoisotopic (exact) mass is 883 g/mol. The first-order valence-corrected chi connectivity index (χ1v) is 23.9. The van der Waals surface area contributed by atoms with Crippen LogP contribution in [0.1, 0.15) is 83.1 Å². The summed E-state index contributed by atoms with van der Waals surface area (Å²) in [6, 6.07) is 6.49. The highest BCUT2D eigenvalue weighted by Gasteiger charge is 2.14. The molecule has 0 aliphatic carbocycles. The minimum absolute atomic E-state index is 0.0601. The van der Waals surface area contributed by atoms with Crippen LogP contribution in [0.5, 0.6) is 0 Å². The van der Waals surface area contributed by atoms with Gasteiger partial charge in [0.05, 0.1) is 163 Å². The summed E-state index contributed by atoms with van der Waals surface area (Å²) in [5.41, 5.74) is 0.975. The maximum absolute atomic E-state index is 12.1. The summed E-state index contributed by atoms with van der Waals surface area (Å²) in [6.45, 7) is 15.9. The van der Waals surface area contributed by atoms with Gasteiger partial charge in [-0.15, -0.1) is 0 Å². The van der Waals surface area contributed by atoms with Crippen molar-refractivity contribution in [3.05, 3.63) is 29.8 Å². The predicted molar refractivity (Wildman–Crippen MR) is 231 cm³/mol. The van der Waals surface area contributed by atoms with Gasteiger partial charge < -0.3 is 56.8 Å². The van der Waals surface area contributed by atoms with Crippen molar-refractivity contribution in [2.45, 2.75) is 89.4 Å². The van der Waals surface area contributed by atoms with Crippen molar-refractivity contribution >= 4 is 10.1 Å². The zero-order chi connectivity index (χ0) is 43.1. The average molecular weight is 883 g/mol. The molecule has 0 radical (unpaired) electrons. The largest absolute Gasteiger partial charge is 0.379 e. The predicted octanol–water partition coefficient (Wildman–Crippen LogP) is 6.21. The summed E-state index contributed by atoms with van der Waals surface area (Å²) in [6.07, 6.45) is 14.8. The summed E-state index contributed by atoms with van der Waals surface area (Å²) in [5, 5.41) is 0. The molecule has 1 aromatic rings. The number of unbranched alkanes of at least 4 members (excludes halogenated alkanes) is 10. The molecule has 0 saturated carbocycles. The SMILES string of the molecule is CCCCCCCCCCCCCOCCOCCOCCOCCOCCOCCOCCOCCOCCOCCOCCOCCOS(=O)(=O)c1ccc(C)cc1. The van der Waals surface area contributed by atoms with Gasteiger partial charge in [-0.05, 0) is 25.5 Å². The van der Waals surface area contributed by atoms with Crippen molar-refractivity contribution in [2.75, 3.05) is 165 Å². The van der Waals surface area contributed by atoms with Crippen LogP contribution < -0.4 is 0 Å². The van der Waals surface area contributed by atoms with E-state index < -0.39 is 10.1 Å². The molecule has 15 nitrogen and oxygen atoms in total. The van der Waals surface area contributed by atoms with Crippen molar-refractivity contribution in [1.82, 2.24) is 0 Å². The molecule has 0 N–H and O–H groups in total. The van der Waals surface area contributed by atoms with E-state index in [-0.39, 0.29) is 18.1 Å². The van der Waals surface area contributed by atoms with E-state index in [1.54, 1.807) is 12.1 Å². The van der Waals surface area contributed by atoms with Crippen molar-refractivity contribution in [1.29, 1.82) is 0 Å². The Bertz CT molecular complexity index is 1100. The van der Waals surface area contributed by atoms with Crippen molar-refractivity contribution in [3.8, 4) is 0 Å². The van der Waals surface area contributed by atoms with Gasteiger partial charge in [0.1, 0.15) is 0 Å². The average Bonchev–Trinajstić information content (AvgIpc) is 3.24. The van der Waals surface area contributed by atoms with Gasteiger partial charge in [0.2, 0.25) is 0 Å². The molecular weight excluding hydrogens is 801 g/mol. The van der Waals surface area contributed by atoms with Crippen LogP contribution in [0.2, 0.25) is 0 Å². The van der Waals surface area contributed by atoms with Gasteiger partial charge in [0, 0.05) is 6.61 Å². The Kier molecular flexibility index (Phi) is 43.1. The van der Waals surface area contributed by atoms with E-state index in [4.69, 9.17) is 61.0 Å². The molecule has 0 bridgehead atoms. The van der Waals surface area contributed by atoms with Gasteiger partial charge >= 0.3 is 0 Å². The Morgan fingerprint density at radius 1 is 0.317 bits per heavy atom. The first kappa shape index (κ1) is 56.7. The molecule has 0 aliphatic rings. The Balaban J connectivity index is 1.63. The van der Waals surface area contributed by atoms with Gasteiger partial charge in [0.15, 0.2) is 0 Å². The zero-order valence-corrected chi connectivity index (χ0v) is 38.1. The Hall–Kier alpha value is -1.35. The zero-order valence-electron chi connectivity index (χ0n) is 37.3. The van der Waals surface area contributed by atoms with Crippen molar-refractivity contribution in [3.63, 3.8) is 0 Å². The Morgan fingerprint density at radius 3 is 0.833 bits per heavy atom. The topological polar surface area (TPSA) is 154 Å². The van der Waals surface area contributed by atoms with Crippen molar-refractivity contribution in [2.24, 2.45) is 0 Å². The summed E-state index contributed by atoms with van der Waals surface area (Å²) in [7, 11) is -3.78. The first-order valence-electron chi connectivity index (χ1n) is 22.4. The van der Waals surface area contributed by atoms with Crippen LogP contribution in [-0.4, -0.2) is 174 Å². The number of benzene rings is 1. The minimum Gasteiger partial charge on any atom is -0.379 e. The van der Waals surface area contributed by atoms with Crippen LogP contribution in [0, 0.1) is 6.92 Å². The lowest BCUT2D eigenvalue weighted by Gasteiger charge is -2.09. The number of hydrogen-bond donors (Lipinski definition) is 0. The molecule has 0 fully saturated rings. The minimum atomic E-state index is -3.78. The molecule has 1 rings (SSSR count). The number of hydrogen-bond acceptors (Lipinski definition) is 15. The van der Waals surface area contributed by atoms with Crippen LogP contribution in [0.4, 0.5) is 0 Å². The molecule has 60 heavy (non-hydrogen) atoms. The second-order valence-corrected chi connectivity index (χ2v) is 15.6. The summed E-state index contributed by atoms with van der Waals surface area (Å²) >= 11 is 0. The molecule has 0 saturated heterocycles. The fraction of sp³-hybridized carbons (Fsp3) is 0.864. The molecule has 0 aliphatic heterocycles. The lowest BCUT2D eigenvalue weighted by molar-refractivity contribution is -0.0285. The lowest BCUT2D eigenvalue weighted by atomic mass is 10.1. The molecule has 0 unspecified atom stereocenters.